The molecule has 12 heavy (non-hydrogen) atoms. The molecule has 0 saturated heterocycles. The van der Waals surface area contributed by atoms with Gasteiger partial charge in [0, 0.05) is 0 Å². The summed E-state index contributed by atoms with van der Waals surface area (Å²) >= 11 is -2.95. The summed E-state index contributed by atoms with van der Waals surface area (Å²) < 4.78 is 1.30. The third-order valence-electron chi connectivity index (χ3n) is 1.82. The molecule has 1 heterocycles. The number of Topliss-reactive ketones (excluding diaryl/α,β-unsaturated/α-hetero) is 1. The Morgan fingerprint density at radius 2 is 1.92 bits per heavy atom. The third-order valence-corrected chi connectivity index (χ3v) is 10.2. The Morgan fingerprint density at radius 3 is 2.58 bits per heavy atom. The van der Waals surface area contributed by atoms with E-state index in [1.54, 1.807) is 6.07 Å². The first-order valence-corrected chi connectivity index (χ1v) is 12.2. The maximum absolute atomic E-state index is 11.4. The fraction of sp³-hybridized carbons (Fsp3) is 0.125. The molecule has 0 bridgehead atoms. The van der Waals surface area contributed by atoms with Crippen molar-refractivity contribution < 1.29 is 4.79 Å². The van der Waals surface area contributed by atoms with Crippen molar-refractivity contribution in [3.8, 4) is 0 Å². The van der Waals surface area contributed by atoms with Gasteiger partial charge in [0.25, 0.3) is 0 Å². The van der Waals surface area contributed by atoms with Crippen LogP contribution < -0.4 is 3.61 Å². The van der Waals surface area contributed by atoms with Crippen molar-refractivity contribution in [2.75, 3.05) is 0 Å². The van der Waals surface area contributed by atoms with Crippen LogP contribution in [-0.4, -0.2) is 21.7 Å². The zero-order valence-corrected chi connectivity index (χ0v) is 9.93. The van der Waals surface area contributed by atoms with Crippen LogP contribution in [0.4, 0.5) is 0 Å². The molecule has 4 heteroatoms. The maximum atomic E-state index is 11.4. The summed E-state index contributed by atoms with van der Waals surface area (Å²) in [4.78, 5) is 11.4. The van der Waals surface area contributed by atoms with Gasteiger partial charge in [-0.25, -0.2) is 0 Å². The van der Waals surface area contributed by atoms with Gasteiger partial charge in [-0.15, -0.1) is 0 Å². The molecule has 0 unspecified atom stereocenters. The standard InChI is InChI=1S/C8H6Cl2OTe/c9-12(10)5-7(11)6-3-1-2-4-8(6)12/h1-4H,5H2. The molecular formula is C8H6Cl2OTe. The van der Waals surface area contributed by atoms with Crippen LogP contribution in [0.25, 0.3) is 0 Å². The molecule has 0 fully saturated rings. The summed E-state index contributed by atoms with van der Waals surface area (Å²) in [6, 6.07) is 7.40. The molecule has 0 aromatic heterocycles. The van der Waals surface area contributed by atoms with Crippen LogP contribution in [0.2, 0.25) is 4.47 Å². The number of halogens is 2. The number of hydrogen-bond acceptors (Lipinski definition) is 1. The predicted molar refractivity (Wildman–Crippen MR) is 52.7 cm³/mol. The Balaban J connectivity index is 2.66. The van der Waals surface area contributed by atoms with Gasteiger partial charge in [0.1, 0.15) is 0 Å². The molecule has 2 rings (SSSR count). The molecular weight excluding hydrogens is 311 g/mol. The molecule has 1 aromatic carbocycles. The van der Waals surface area contributed by atoms with E-state index in [2.05, 4.69) is 0 Å². The summed E-state index contributed by atoms with van der Waals surface area (Å²) in [6.07, 6.45) is 0. The summed E-state index contributed by atoms with van der Waals surface area (Å²) in [5.41, 5.74) is 0.740. The Bertz CT molecular complexity index is 349. The van der Waals surface area contributed by atoms with Crippen molar-refractivity contribution in [3.05, 3.63) is 29.8 Å². The molecule has 64 valence electrons. The van der Waals surface area contributed by atoms with E-state index in [4.69, 9.17) is 17.9 Å². The van der Waals surface area contributed by atoms with E-state index in [0.29, 0.717) is 4.47 Å². The van der Waals surface area contributed by atoms with Crippen LogP contribution in [0.15, 0.2) is 24.3 Å². The molecule has 0 amide bonds. The third kappa shape index (κ3) is 1.28. The zero-order chi connectivity index (χ0) is 8.77. The first kappa shape index (κ1) is 8.84. The SMILES string of the molecule is O=C1C[Te](Cl)(Cl)c2ccccc21. The molecule has 0 atom stereocenters. The van der Waals surface area contributed by atoms with Crippen molar-refractivity contribution in [2.24, 2.45) is 0 Å². The van der Waals surface area contributed by atoms with E-state index in [9.17, 15) is 4.79 Å². The van der Waals surface area contributed by atoms with Gasteiger partial charge < -0.3 is 0 Å². The minimum absolute atomic E-state index is 0.108. The number of benzene rings is 1. The Kier molecular flexibility index (Phi) is 2.13. The molecule has 1 nitrogen and oxygen atoms in total. The number of carbonyl (C=O) groups is 1. The van der Waals surface area contributed by atoms with Crippen molar-refractivity contribution >= 4 is 43.3 Å². The topological polar surface area (TPSA) is 17.1 Å². The van der Waals surface area contributed by atoms with E-state index in [-0.39, 0.29) is 5.78 Å². The van der Waals surface area contributed by atoms with Crippen LogP contribution in [-0.2, 0) is 0 Å². The monoisotopic (exact) mass is 318 g/mol. The second kappa shape index (κ2) is 2.89. The first-order chi connectivity index (χ1) is 5.61. The van der Waals surface area contributed by atoms with Crippen LogP contribution in [0, 0.1) is 0 Å². The summed E-state index contributed by atoms with van der Waals surface area (Å²) in [6.45, 7) is 0. The molecule has 0 radical (unpaired) electrons. The molecule has 0 aliphatic carbocycles. The van der Waals surface area contributed by atoms with Gasteiger partial charge in [-0.3, -0.25) is 0 Å². The number of rotatable bonds is 0. The molecule has 1 aromatic rings. The number of hydrogen-bond donors (Lipinski definition) is 0. The van der Waals surface area contributed by atoms with Gasteiger partial charge >= 0.3 is 82.4 Å². The molecule has 0 N–H and O–H groups in total. The average molecular weight is 317 g/mol. The fourth-order valence-electron chi connectivity index (χ4n) is 1.28. The first-order valence-electron chi connectivity index (χ1n) is 3.44. The normalized spacial score (nSPS) is 22.0. The van der Waals surface area contributed by atoms with Gasteiger partial charge in [0.15, 0.2) is 0 Å². The van der Waals surface area contributed by atoms with E-state index < -0.39 is 15.9 Å². The predicted octanol–water partition coefficient (Wildman–Crippen LogP) is 2.01. The van der Waals surface area contributed by atoms with Crippen LogP contribution in [0.5, 0.6) is 0 Å². The van der Waals surface area contributed by atoms with Gasteiger partial charge in [-0.05, 0) is 0 Å². The number of ketones is 1. The zero-order valence-electron chi connectivity index (χ0n) is 6.09. The average Bonchev–Trinajstić information content (AvgIpc) is 2.25. The van der Waals surface area contributed by atoms with Crippen LogP contribution in [0.1, 0.15) is 10.4 Å². The van der Waals surface area contributed by atoms with Gasteiger partial charge in [0.2, 0.25) is 0 Å². The van der Waals surface area contributed by atoms with Crippen molar-refractivity contribution in [1.82, 2.24) is 0 Å². The van der Waals surface area contributed by atoms with Gasteiger partial charge in [0.05, 0.1) is 0 Å². The Labute approximate surface area is 82.0 Å². The second-order valence-corrected chi connectivity index (χ2v) is 16.1. The Morgan fingerprint density at radius 1 is 1.25 bits per heavy atom. The fourth-order valence-corrected chi connectivity index (χ4v) is 8.47. The summed E-state index contributed by atoms with van der Waals surface area (Å²) in [5.74, 6) is 0.108. The van der Waals surface area contributed by atoms with Gasteiger partial charge in [-0.2, -0.15) is 0 Å². The summed E-state index contributed by atoms with van der Waals surface area (Å²) in [7, 11) is 12.3. The van der Waals surface area contributed by atoms with Crippen molar-refractivity contribution in [1.29, 1.82) is 0 Å². The number of fused-ring (bicyclic) bond motifs is 1. The summed E-state index contributed by atoms with van der Waals surface area (Å²) in [5, 5.41) is 0. The van der Waals surface area contributed by atoms with E-state index >= 15 is 0 Å². The minimum atomic E-state index is -2.95. The van der Waals surface area contributed by atoms with Gasteiger partial charge in [-0.1, -0.05) is 0 Å². The molecule has 1 aliphatic rings. The van der Waals surface area contributed by atoms with Crippen LogP contribution in [0.3, 0.4) is 0 Å². The van der Waals surface area contributed by atoms with E-state index in [1.165, 1.54) is 0 Å². The molecule has 0 saturated carbocycles. The Hall–Kier alpha value is 0.260. The van der Waals surface area contributed by atoms with E-state index in [1.807, 2.05) is 18.2 Å². The van der Waals surface area contributed by atoms with Crippen molar-refractivity contribution in [2.45, 2.75) is 4.47 Å². The van der Waals surface area contributed by atoms with Crippen LogP contribution >= 0.6 is 17.9 Å². The van der Waals surface area contributed by atoms with Crippen molar-refractivity contribution in [3.63, 3.8) is 0 Å². The number of carbonyl (C=O) groups excluding carboxylic acids is 1. The molecule has 0 spiro atoms. The van der Waals surface area contributed by atoms with E-state index in [0.717, 1.165) is 9.17 Å². The quantitative estimate of drug-likeness (QED) is 0.669. The second-order valence-electron chi connectivity index (χ2n) is 2.64. The molecule has 1 aliphatic heterocycles.